The van der Waals surface area contributed by atoms with Crippen molar-refractivity contribution in [2.75, 3.05) is 19.7 Å². The molecule has 86 valence electrons. The monoisotopic (exact) mass is 214 g/mol. The van der Waals surface area contributed by atoms with E-state index in [0.29, 0.717) is 26.1 Å². The minimum Gasteiger partial charge on any atom is -0.367 e. The van der Waals surface area contributed by atoms with Gasteiger partial charge in [0.2, 0.25) is 11.8 Å². The summed E-state index contributed by atoms with van der Waals surface area (Å²) in [4.78, 5) is 24.2. The molecule has 0 aromatic rings. The molecule has 1 aliphatic heterocycles. The summed E-state index contributed by atoms with van der Waals surface area (Å²) in [5.41, 5.74) is 5.13. The average molecular weight is 214 g/mol. The van der Waals surface area contributed by atoms with Gasteiger partial charge in [-0.3, -0.25) is 9.59 Å². The number of rotatable bonds is 4. The van der Waals surface area contributed by atoms with Gasteiger partial charge in [-0.2, -0.15) is 0 Å². The van der Waals surface area contributed by atoms with E-state index in [1.54, 1.807) is 4.90 Å². The maximum Gasteiger partial charge on any atom is 0.248 e. The fraction of sp³-hybridized carbons (Fsp3) is 0.800. The van der Waals surface area contributed by atoms with E-state index in [-0.39, 0.29) is 5.91 Å². The Bertz CT molecular complexity index is 243. The van der Waals surface area contributed by atoms with Crippen LogP contribution in [0, 0.1) is 0 Å². The number of primary amides is 1. The Hall–Kier alpha value is -1.10. The van der Waals surface area contributed by atoms with Gasteiger partial charge in [0.05, 0.1) is 13.2 Å². The molecule has 0 bridgehead atoms. The number of carbonyl (C=O) groups is 2. The van der Waals surface area contributed by atoms with Crippen LogP contribution in [0.25, 0.3) is 0 Å². The SMILES string of the molecule is CCCCC(=O)N1CCOC(C(N)=O)C1. The van der Waals surface area contributed by atoms with Gasteiger partial charge in [-0.15, -0.1) is 0 Å². The second kappa shape index (κ2) is 5.70. The van der Waals surface area contributed by atoms with Gasteiger partial charge < -0.3 is 15.4 Å². The van der Waals surface area contributed by atoms with Crippen molar-refractivity contribution in [1.82, 2.24) is 4.90 Å². The van der Waals surface area contributed by atoms with Crippen LogP contribution in [0.3, 0.4) is 0 Å². The van der Waals surface area contributed by atoms with E-state index in [4.69, 9.17) is 10.5 Å². The quantitative estimate of drug-likeness (QED) is 0.709. The van der Waals surface area contributed by atoms with E-state index < -0.39 is 12.0 Å². The molecule has 0 saturated carbocycles. The summed E-state index contributed by atoms with van der Waals surface area (Å²) in [5, 5.41) is 0. The summed E-state index contributed by atoms with van der Waals surface area (Å²) >= 11 is 0. The lowest BCUT2D eigenvalue weighted by Gasteiger charge is -2.31. The van der Waals surface area contributed by atoms with Gasteiger partial charge >= 0.3 is 0 Å². The average Bonchev–Trinajstić information content (AvgIpc) is 2.26. The molecule has 5 heteroatoms. The Labute approximate surface area is 89.6 Å². The number of nitrogens with two attached hydrogens (primary N) is 1. The summed E-state index contributed by atoms with van der Waals surface area (Å²) in [6, 6.07) is 0. The first-order chi connectivity index (χ1) is 7.15. The van der Waals surface area contributed by atoms with Crippen LogP contribution >= 0.6 is 0 Å². The minimum atomic E-state index is -0.635. The molecule has 5 nitrogen and oxygen atoms in total. The fourth-order valence-electron chi connectivity index (χ4n) is 1.53. The normalized spacial score (nSPS) is 21.4. The number of amides is 2. The van der Waals surface area contributed by atoms with Crippen molar-refractivity contribution < 1.29 is 14.3 Å². The van der Waals surface area contributed by atoms with Crippen molar-refractivity contribution in [2.24, 2.45) is 5.73 Å². The van der Waals surface area contributed by atoms with Crippen LogP contribution in [-0.4, -0.2) is 42.5 Å². The number of nitrogens with zero attached hydrogens (tertiary/aromatic N) is 1. The highest BCUT2D eigenvalue weighted by molar-refractivity contribution is 5.81. The maximum atomic E-state index is 11.6. The summed E-state index contributed by atoms with van der Waals surface area (Å²) in [5.74, 6) is -0.408. The summed E-state index contributed by atoms with van der Waals surface area (Å²) in [6.45, 7) is 3.30. The number of unbranched alkanes of at least 4 members (excludes halogenated alkanes) is 1. The lowest BCUT2D eigenvalue weighted by molar-refractivity contribution is -0.145. The highest BCUT2D eigenvalue weighted by Crippen LogP contribution is 2.08. The summed E-state index contributed by atoms with van der Waals surface area (Å²) in [7, 11) is 0. The molecule has 0 radical (unpaired) electrons. The Morgan fingerprint density at radius 3 is 2.87 bits per heavy atom. The van der Waals surface area contributed by atoms with E-state index in [9.17, 15) is 9.59 Å². The zero-order chi connectivity index (χ0) is 11.3. The van der Waals surface area contributed by atoms with Crippen LogP contribution in [0.2, 0.25) is 0 Å². The second-order valence-corrected chi connectivity index (χ2v) is 3.71. The highest BCUT2D eigenvalue weighted by atomic mass is 16.5. The smallest absolute Gasteiger partial charge is 0.248 e. The van der Waals surface area contributed by atoms with Gasteiger partial charge in [0.15, 0.2) is 6.10 Å². The third-order valence-corrected chi connectivity index (χ3v) is 2.48. The third-order valence-electron chi connectivity index (χ3n) is 2.48. The molecule has 0 aromatic heterocycles. The Kier molecular flexibility index (Phi) is 4.55. The molecular formula is C10H18N2O3. The van der Waals surface area contributed by atoms with Crippen LogP contribution in [0.5, 0.6) is 0 Å². The number of ether oxygens (including phenoxy) is 1. The summed E-state index contributed by atoms with van der Waals surface area (Å²) < 4.78 is 5.16. The van der Waals surface area contributed by atoms with Gasteiger partial charge in [-0.25, -0.2) is 0 Å². The zero-order valence-corrected chi connectivity index (χ0v) is 9.07. The van der Waals surface area contributed by atoms with E-state index in [1.807, 2.05) is 6.92 Å². The minimum absolute atomic E-state index is 0.0893. The van der Waals surface area contributed by atoms with Crippen LogP contribution in [0.4, 0.5) is 0 Å². The standard InChI is InChI=1S/C10H18N2O3/c1-2-3-4-9(13)12-5-6-15-8(7-12)10(11)14/h8H,2-7H2,1H3,(H2,11,14). The Morgan fingerprint density at radius 1 is 1.53 bits per heavy atom. The molecule has 0 spiro atoms. The molecule has 1 unspecified atom stereocenters. The first kappa shape index (κ1) is 12.0. The molecule has 1 atom stereocenters. The molecule has 1 aliphatic rings. The predicted octanol–water partition coefficient (Wildman–Crippen LogP) is -0.111. The molecule has 2 amide bonds. The van der Waals surface area contributed by atoms with Crippen LogP contribution in [0.1, 0.15) is 26.2 Å². The van der Waals surface area contributed by atoms with Crippen molar-refractivity contribution in [2.45, 2.75) is 32.3 Å². The number of hydrogen-bond acceptors (Lipinski definition) is 3. The van der Waals surface area contributed by atoms with E-state index >= 15 is 0 Å². The molecule has 0 aromatic carbocycles. The third kappa shape index (κ3) is 3.51. The molecule has 1 rings (SSSR count). The van der Waals surface area contributed by atoms with Crippen LogP contribution < -0.4 is 5.73 Å². The van der Waals surface area contributed by atoms with E-state index in [0.717, 1.165) is 12.8 Å². The van der Waals surface area contributed by atoms with Crippen LogP contribution in [0.15, 0.2) is 0 Å². The number of carbonyl (C=O) groups excluding carboxylic acids is 2. The van der Waals surface area contributed by atoms with Crippen LogP contribution in [-0.2, 0) is 14.3 Å². The number of morpholine rings is 1. The maximum absolute atomic E-state index is 11.6. The van der Waals surface area contributed by atoms with Gasteiger partial charge in [-0.05, 0) is 6.42 Å². The van der Waals surface area contributed by atoms with Gasteiger partial charge in [0, 0.05) is 13.0 Å². The van der Waals surface area contributed by atoms with Crippen molar-refractivity contribution in [3.8, 4) is 0 Å². The Morgan fingerprint density at radius 2 is 2.27 bits per heavy atom. The van der Waals surface area contributed by atoms with Crippen molar-refractivity contribution in [3.05, 3.63) is 0 Å². The van der Waals surface area contributed by atoms with Gasteiger partial charge in [-0.1, -0.05) is 13.3 Å². The molecule has 2 N–H and O–H groups in total. The lowest BCUT2D eigenvalue weighted by atomic mass is 10.2. The topological polar surface area (TPSA) is 72.6 Å². The second-order valence-electron chi connectivity index (χ2n) is 3.71. The lowest BCUT2D eigenvalue weighted by Crippen LogP contribution is -2.50. The van der Waals surface area contributed by atoms with Crippen molar-refractivity contribution in [1.29, 1.82) is 0 Å². The zero-order valence-electron chi connectivity index (χ0n) is 9.07. The molecule has 1 fully saturated rings. The fourth-order valence-corrected chi connectivity index (χ4v) is 1.53. The molecular weight excluding hydrogens is 196 g/mol. The molecule has 1 heterocycles. The first-order valence-electron chi connectivity index (χ1n) is 5.33. The van der Waals surface area contributed by atoms with E-state index in [2.05, 4.69) is 0 Å². The molecule has 15 heavy (non-hydrogen) atoms. The van der Waals surface area contributed by atoms with E-state index in [1.165, 1.54) is 0 Å². The van der Waals surface area contributed by atoms with Gasteiger partial charge in [0.25, 0.3) is 0 Å². The number of hydrogen-bond donors (Lipinski definition) is 1. The van der Waals surface area contributed by atoms with Crippen molar-refractivity contribution in [3.63, 3.8) is 0 Å². The van der Waals surface area contributed by atoms with Gasteiger partial charge in [0.1, 0.15) is 0 Å². The Balaban J connectivity index is 2.41. The van der Waals surface area contributed by atoms with Crippen molar-refractivity contribution >= 4 is 11.8 Å². The largest absolute Gasteiger partial charge is 0.367 e. The highest BCUT2D eigenvalue weighted by Gasteiger charge is 2.27. The first-order valence-corrected chi connectivity index (χ1v) is 5.33. The summed E-state index contributed by atoms with van der Waals surface area (Å²) in [6.07, 6.45) is 1.79. The molecule has 0 aliphatic carbocycles. The molecule has 1 saturated heterocycles. The predicted molar refractivity (Wildman–Crippen MR) is 55.0 cm³/mol.